The fourth-order valence-electron chi connectivity index (χ4n) is 4.90. The zero-order valence-corrected chi connectivity index (χ0v) is 25.5. The molecule has 11 nitrogen and oxygen atoms in total. The smallest absolute Gasteiger partial charge is 0.338 e. The van der Waals surface area contributed by atoms with E-state index in [-0.39, 0.29) is 30.0 Å². The highest BCUT2D eigenvalue weighted by molar-refractivity contribution is 7.07. The highest BCUT2D eigenvalue weighted by Crippen LogP contribution is 2.36. The average Bonchev–Trinajstić information content (AvgIpc) is 3.59. The van der Waals surface area contributed by atoms with Gasteiger partial charge in [0, 0.05) is 35.9 Å². The molecule has 0 aliphatic carbocycles. The molecule has 0 amide bonds. The summed E-state index contributed by atoms with van der Waals surface area (Å²) in [5.41, 5.74) is 1.99. The monoisotopic (exact) mass is 617 g/mol. The average molecular weight is 618 g/mol. The predicted molar refractivity (Wildman–Crippen MR) is 164 cm³/mol. The number of aryl methyl sites for hydroxylation is 1. The van der Waals surface area contributed by atoms with Gasteiger partial charge in [-0.05, 0) is 38.5 Å². The molecule has 0 saturated heterocycles. The first-order chi connectivity index (χ1) is 21.2. The Hall–Kier alpha value is -4.81. The van der Waals surface area contributed by atoms with E-state index in [1.54, 1.807) is 44.2 Å². The number of carbonyl (C=O) groups excluding carboxylic acids is 1. The number of furan rings is 1. The van der Waals surface area contributed by atoms with Gasteiger partial charge in [0.1, 0.15) is 29.9 Å². The van der Waals surface area contributed by atoms with Gasteiger partial charge in [0.25, 0.3) is 11.2 Å². The number of rotatable bonds is 11. The minimum Gasteiger partial charge on any atom is -0.493 e. The number of methoxy groups -OCH3 is 1. The largest absolute Gasteiger partial charge is 0.493 e. The minimum absolute atomic E-state index is 0.0103. The number of carbonyl (C=O) groups is 1. The van der Waals surface area contributed by atoms with Crippen molar-refractivity contribution in [3.63, 3.8) is 0 Å². The third-order valence-electron chi connectivity index (χ3n) is 7.03. The third-order valence-corrected chi connectivity index (χ3v) is 8.01. The van der Waals surface area contributed by atoms with Crippen molar-refractivity contribution >= 4 is 29.1 Å². The molecule has 3 heterocycles. The molecule has 0 unspecified atom stereocenters. The van der Waals surface area contributed by atoms with Crippen LogP contribution in [0.4, 0.5) is 5.69 Å². The van der Waals surface area contributed by atoms with Crippen molar-refractivity contribution in [2.45, 2.75) is 33.2 Å². The molecule has 0 bridgehead atoms. The first-order valence-corrected chi connectivity index (χ1v) is 14.8. The van der Waals surface area contributed by atoms with Crippen LogP contribution in [0.15, 0.2) is 80.1 Å². The maximum Gasteiger partial charge on any atom is 0.338 e. The molecule has 228 valence electrons. The number of ether oxygens (including phenoxy) is 3. The van der Waals surface area contributed by atoms with E-state index in [1.165, 1.54) is 17.7 Å². The van der Waals surface area contributed by atoms with Gasteiger partial charge in [0.2, 0.25) is 0 Å². The van der Waals surface area contributed by atoms with Crippen LogP contribution >= 0.6 is 11.3 Å². The van der Waals surface area contributed by atoms with Crippen molar-refractivity contribution in [3.05, 3.63) is 113 Å². The lowest BCUT2D eigenvalue weighted by Crippen LogP contribution is -2.40. The number of fused-ring (bicyclic) bond motifs is 1. The number of allylic oxidation sites excluding steroid dienone is 1. The Balaban J connectivity index is 1.61. The van der Waals surface area contributed by atoms with E-state index < -0.39 is 16.9 Å². The SMILES string of the molecule is CCCOc1ccccc1[C@H]1C(C(=O)OCCOC)=C(C)N=c2s/c(=C/c3ccc(-c4ccc(C)c([N+](=O)[O-])c4)o3)c(=O)n21. The topological polar surface area (TPSA) is 135 Å². The van der Waals surface area contributed by atoms with Crippen molar-refractivity contribution in [3.8, 4) is 17.1 Å². The molecule has 1 aliphatic rings. The number of thiazole rings is 1. The zero-order valence-electron chi connectivity index (χ0n) is 24.7. The number of para-hydroxylation sites is 1. The fraction of sp³-hybridized carbons (Fsp3) is 0.281. The molecule has 1 atom stereocenters. The Kier molecular flexibility index (Phi) is 9.21. The molecular formula is C32H31N3O8S. The van der Waals surface area contributed by atoms with Crippen LogP contribution in [0.1, 0.15) is 43.2 Å². The number of esters is 1. The lowest BCUT2D eigenvalue weighted by atomic mass is 9.95. The Morgan fingerprint density at radius 1 is 1.14 bits per heavy atom. The quantitative estimate of drug-likeness (QED) is 0.102. The van der Waals surface area contributed by atoms with Crippen LogP contribution in [0.3, 0.4) is 0 Å². The van der Waals surface area contributed by atoms with Crippen LogP contribution in [0, 0.1) is 17.0 Å². The summed E-state index contributed by atoms with van der Waals surface area (Å²) >= 11 is 1.16. The summed E-state index contributed by atoms with van der Waals surface area (Å²) in [6, 6.07) is 14.7. The first-order valence-electron chi connectivity index (χ1n) is 14.0. The summed E-state index contributed by atoms with van der Waals surface area (Å²) < 4.78 is 24.4. The molecule has 2 aromatic carbocycles. The van der Waals surface area contributed by atoms with Crippen molar-refractivity contribution in [1.29, 1.82) is 0 Å². The number of nitrogens with zero attached hydrogens (tertiary/aromatic N) is 3. The molecule has 0 N–H and O–H groups in total. The number of hydrogen-bond donors (Lipinski definition) is 0. The second kappa shape index (κ2) is 13.2. The maximum atomic E-state index is 14.0. The Bertz CT molecular complexity index is 1930. The van der Waals surface area contributed by atoms with Gasteiger partial charge in [-0.25, -0.2) is 9.79 Å². The van der Waals surface area contributed by atoms with Crippen LogP contribution in [-0.4, -0.2) is 42.4 Å². The number of benzene rings is 2. The van der Waals surface area contributed by atoms with Crippen molar-refractivity contribution in [2.24, 2.45) is 4.99 Å². The van der Waals surface area contributed by atoms with Gasteiger partial charge in [-0.1, -0.05) is 48.6 Å². The predicted octanol–water partition coefficient (Wildman–Crippen LogP) is 4.69. The molecule has 0 spiro atoms. The summed E-state index contributed by atoms with van der Waals surface area (Å²) in [6.07, 6.45) is 2.38. The number of nitro groups is 1. The lowest BCUT2D eigenvalue weighted by Gasteiger charge is -2.26. The normalized spacial score (nSPS) is 14.7. The Morgan fingerprint density at radius 3 is 2.68 bits per heavy atom. The van der Waals surface area contributed by atoms with Crippen LogP contribution < -0.4 is 19.6 Å². The molecule has 2 aromatic heterocycles. The van der Waals surface area contributed by atoms with Crippen LogP contribution in [-0.2, 0) is 14.3 Å². The van der Waals surface area contributed by atoms with Crippen molar-refractivity contribution in [2.75, 3.05) is 26.9 Å². The Labute approximate surface area is 256 Å². The second-order valence-electron chi connectivity index (χ2n) is 10.1. The molecule has 1 aliphatic heterocycles. The van der Waals surface area contributed by atoms with E-state index in [4.69, 9.17) is 18.6 Å². The summed E-state index contributed by atoms with van der Waals surface area (Å²) in [7, 11) is 1.51. The fourth-order valence-corrected chi connectivity index (χ4v) is 5.92. The van der Waals surface area contributed by atoms with Crippen molar-refractivity contribution < 1.29 is 28.3 Å². The zero-order chi connectivity index (χ0) is 31.4. The van der Waals surface area contributed by atoms with Crippen molar-refractivity contribution in [1.82, 2.24) is 4.57 Å². The highest BCUT2D eigenvalue weighted by Gasteiger charge is 2.35. The van der Waals surface area contributed by atoms with E-state index in [9.17, 15) is 19.7 Å². The van der Waals surface area contributed by atoms with Gasteiger partial charge >= 0.3 is 5.97 Å². The number of nitro benzene ring substituents is 1. The molecule has 0 saturated carbocycles. The molecule has 0 fully saturated rings. The Morgan fingerprint density at radius 2 is 1.93 bits per heavy atom. The van der Waals surface area contributed by atoms with Gasteiger partial charge in [0.05, 0.1) is 33.9 Å². The van der Waals surface area contributed by atoms with Gasteiger partial charge in [0.15, 0.2) is 4.80 Å². The van der Waals surface area contributed by atoms with E-state index in [1.807, 2.05) is 31.2 Å². The van der Waals surface area contributed by atoms with Gasteiger partial charge in [-0.15, -0.1) is 0 Å². The maximum absolute atomic E-state index is 14.0. The van der Waals surface area contributed by atoms with Crippen LogP contribution in [0.25, 0.3) is 17.4 Å². The highest BCUT2D eigenvalue weighted by atomic mass is 32.1. The molecule has 44 heavy (non-hydrogen) atoms. The van der Waals surface area contributed by atoms with Crippen LogP contribution in [0.2, 0.25) is 0 Å². The summed E-state index contributed by atoms with van der Waals surface area (Å²) in [6.45, 7) is 6.10. The van der Waals surface area contributed by atoms with E-state index in [0.29, 0.717) is 55.6 Å². The summed E-state index contributed by atoms with van der Waals surface area (Å²) in [5, 5.41) is 11.4. The second-order valence-corrected chi connectivity index (χ2v) is 11.1. The van der Waals surface area contributed by atoms with Gasteiger partial charge in [-0.3, -0.25) is 19.5 Å². The number of aromatic nitrogens is 1. The van der Waals surface area contributed by atoms with E-state index in [2.05, 4.69) is 4.99 Å². The molecule has 5 rings (SSSR count). The van der Waals surface area contributed by atoms with E-state index in [0.717, 1.165) is 17.8 Å². The summed E-state index contributed by atoms with van der Waals surface area (Å²) in [4.78, 5) is 43.5. The summed E-state index contributed by atoms with van der Waals surface area (Å²) in [5.74, 6) is 0.750. The number of hydrogen-bond acceptors (Lipinski definition) is 10. The first kappa shape index (κ1) is 30.6. The standard InChI is InChI=1S/C32H31N3O8S/c1-5-14-41-26-9-7-6-8-23(26)29-28(31(37)42-16-15-40-4)20(3)33-32-34(29)30(36)27(44-32)18-22-12-13-25(43-22)21-11-10-19(2)24(17-21)35(38)39/h6-13,17-18,29H,5,14-16H2,1-4H3/b27-18+/t29-/m0/s1. The third kappa shape index (κ3) is 6.12. The van der Waals surface area contributed by atoms with E-state index >= 15 is 0 Å². The van der Waals surface area contributed by atoms with Gasteiger partial charge < -0.3 is 18.6 Å². The molecule has 0 radical (unpaired) electrons. The molecule has 12 heteroatoms. The molecular weight excluding hydrogens is 586 g/mol. The minimum atomic E-state index is -0.850. The van der Waals surface area contributed by atoms with Gasteiger partial charge in [-0.2, -0.15) is 0 Å². The molecule has 4 aromatic rings. The lowest BCUT2D eigenvalue weighted by molar-refractivity contribution is -0.385. The van der Waals surface area contributed by atoms with Crippen LogP contribution in [0.5, 0.6) is 5.75 Å².